The first-order valence-corrected chi connectivity index (χ1v) is 13.6. The fourth-order valence-corrected chi connectivity index (χ4v) is 5.18. The number of carboxylic acids is 1. The van der Waals surface area contributed by atoms with Gasteiger partial charge in [0.15, 0.2) is 11.3 Å². The van der Waals surface area contributed by atoms with Gasteiger partial charge in [-0.3, -0.25) is 4.98 Å². The molecule has 0 amide bonds. The second-order valence-corrected chi connectivity index (χ2v) is 10.4. The molecule has 6 rings (SSSR count). The van der Waals surface area contributed by atoms with Crippen LogP contribution in [0, 0.1) is 5.92 Å². The molecule has 2 fully saturated rings. The van der Waals surface area contributed by atoms with E-state index in [0.29, 0.717) is 35.6 Å². The number of carboxylic acid groups (broad SMARTS) is 1. The first-order valence-electron chi connectivity index (χ1n) is 13.2. The standard InChI is InChI=1S/C28H29ClN6O4/c29-19-4-5-20(30-15-19)17-39-26-3-1-2-24(33-26)34-11-8-18(9-12-34)14-25-31-22-6-7-23(28(36)37)32-27(22)35(25)16-21-10-13-38-21/h1-7,15,18,21H,8-14,16-17H2,(H,36,37). The van der Waals surface area contributed by atoms with E-state index in [1.807, 2.05) is 24.3 Å². The lowest BCUT2D eigenvalue weighted by Gasteiger charge is -2.33. The van der Waals surface area contributed by atoms with Crippen molar-refractivity contribution in [3.05, 3.63) is 70.9 Å². The van der Waals surface area contributed by atoms with Crippen LogP contribution in [0.4, 0.5) is 5.82 Å². The van der Waals surface area contributed by atoms with Gasteiger partial charge in [-0.05, 0) is 55.5 Å². The Balaban J connectivity index is 1.11. The lowest BCUT2D eigenvalue weighted by atomic mass is 9.93. The van der Waals surface area contributed by atoms with Crippen molar-refractivity contribution in [1.29, 1.82) is 0 Å². The van der Waals surface area contributed by atoms with Crippen LogP contribution in [0.15, 0.2) is 48.7 Å². The molecular formula is C28H29ClN6O4. The number of piperidine rings is 1. The number of fused-ring (bicyclic) bond motifs is 1. The smallest absolute Gasteiger partial charge is 0.354 e. The van der Waals surface area contributed by atoms with Gasteiger partial charge in [0.05, 0.1) is 23.4 Å². The van der Waals surface area contributed by atoms with Crippen LogP contribution in [0.25, 0.3) is 11.2 Å². The number of hydrogen-bond donors (Lipinski definition) is 1. The summed E-state index contributed by atoms with van der Waals surface area (Å²) in [5.74, 6) is 1.82. The highest BCUT2D eigenvalue weighted by Gasteiger charge is 2.26. The van der Waals surface area contributed by atoms with Gasteiger partial charge in [-0.2, -0.15) is 4.98 Å². The summed E-state index contributed by atoms with van der Waals surface area (Å²) >= 11 is 5.91. The summed E-state index contributed by atoms with van der Waals surface area (Å²) < 4.78 is 13.6. The number of aromatic nitrogens is 5. The molecule has 10 nitrogen and oxygen atoms in total. The fourth-order valence-electron chi connectivity index (χ4n) is 5.07. The zero-order valence-corrected chi connectivity index (χ0v) is 22.1. The van der Waals surface area contributed by atoms with Gasteiger partial charge in [-0.15, -0.1) is 0 Å². The van der Waals surface area contributed by atoms with Gasteiger partial charge in [-0.25, -0.2) is 14.8 Å². The number of imidazole rings is 1. The molecule has 39 heavy (non-hydrogen) atoms. The predicted molar refractivity (Wildman–Crippen MR) is 145 cm³/mol. The highest BCUT2D eigenvalue weighted by molar-refractivity contribution is 6.30. The topological polar surface area (TPSA) is 115 Å². The molecule has 11 heteroatoms. The summed E-state index contributed by atoms with van der Waals surface area (Å²) in [6.07, 6.45) is 5.52. The van der Waals surface area contributed by atoms with Crippen LogP contribution in [0.5, 0.6) is 5.88 Å². The first-order chi connectivity index (χ1) is 19.0. The van der Waals surface area contributed by atoms with Crippen molar-refractivity contribution >= 4 is 34.6 Å². The van der Waals surface area contributed by atoms with E-state index in [1.54, 1.807) is 18.3 Å². The maximum absolute atomic E-state index is 11.5. The van der Waals surface area contributed by atoms with Crippen LogP contribution in [-0.2, 0) is 24.3 Å². The minimum atomic E-state index is -1.04. The van der Waals surface area contributed by atoms with Crippen molar-refractivity contribution in [1.82, 2.24) is 24.5 Å². The molecule has 1 unspecified atom stereocenters. The summed E-state index contributed by atoms with van der Waals surface area (Å²) in [4.78, 5) is 32.0. The zero-order valence-electron chi connectivity index (χ0n) is 21.4. The number of nitrogens with zero attached hydrogens (tertiary/aromatic N) is 6. The lowest BCUT2D eigenvalue weighted by Crippen LogP contribution is -2.35. The molecule has 0 bridgehead atoms. The van der Waals surface area contributed by atoms with Gasteiger partial charge in [-0.1, -0.05) is 17.7 Å². The molecule has 4 aromatic rings. The Kier molecular flexibility index (Phi) is 7.30. The summed E-state index contributed by atoms with van der Waals surface area (Å²) in [7, 11) is 0. The molecule has 0 saturated carbocycles. The van der Waals surface area contributed by atoms with E-state index in [9.17, 15) is 9.90 Å². The highest BCUT2D eigenvalue weighted by Crippen LogP contribution is 2.28. The molecule has 4 aromatic heterocycles. The average molecular weight is 549 g/mol. The molecule has 1 atom stereocenters. The van der Waals surface area contributed by atoms with Crippen molar-refractivity contribution in [2.75, 3.05) is 24.6 Å². The van der Waals surface area contributed by atoms with Gasteiger partial charge >= 0.3 is 5.97 Å². The fraction of sp³-hybridized carbons (Fsp3) is 0.393. The van der Waals surface area contributed by atoms with Gasteiger partial charge < -0.3 is 24.0 Å². The predicted octanol–water partition coefficient (Wildman–Crippen LogP) is 4.40. The minimum Gasteiger partial charge on any atom is -0.477 e. The number of hydrogen-bond acceptors (Lipinski definition) is 8. The Morgan fingerprint density at radius 2 is 1.92 bits per heavy atom. The normalized spacial score (nSPS) is 17.8. The molecule has 6 heterocycles. The van der Waals surface area contributed by atoms with E-state index in [-0.39, 0.29) is 11.8 Å². The van der Waals surface area contributed by atoms with Gasteiger partial charge in [0.1, 0.15) is 23.8 Å². The maximum atomic E-state index is 11.5. The van der Waals surface area contributed by atoms with E-state index in [1.165, 1.54) is 6.07 Å². The summed E-state index contributed by atoms with van der Waals surface area (Å²) in [5.41, 5.74) is 2.16. The Labute approximate surface area is 230 Å². The Hall–Kier alpha value is -3.76. The van der Waals surface area contributed by atoms with E-state index >= 15 is 0 Å². The maximum Gasteiger partial charge on any atom is 0.354 e. The van der Waals surface area contributed by atoms with E-state index in [4.69, 9.17) is 31.0 Å². The van der Waals surface area contributed by atoms with Crippen LogP contribution in [0.2, 0.25) is 5.02 Å². The quantitative estimate of drug-likeness (QED) is 0.325. The van der Waals surface area contributed by atoms with Gasteiger partial charge in [0.2, 0.25) is 5.88 Å². The largest absolute Gasteiger partial charge is 0.477 e. The Morgan fingerprint density at radius 3 is 2.64 bits per heavy atom. The van der Waals surface area contributed by atoms with Crippen molar-refractivity contribution in [3.8, 4) is 5.88 Å². The van der Waals surface area contributed by atoms with Crippen molar-refractivity contribution in [2.24, 2.45) is 5.92 Å². The van der Waals surface area contributed by atoms with Crippen molar-refractivity contribution in [2.45, 2.75) is 44.9 Å². The van der Waals surface area contributed by atoms with E-state index in [0.717, 1.165) is 68.2 Å². The molecule has 2 aliphatic heterocycles. The molecule has 0 spiro atoms. The van der Waals surface area contributed by atoms with Gasteiger partial charge in [0, 0.05) is 38.4 Å². The highest BCUT2D eigenvalue weighted by atomic mass is 35.5. The van der Waals surface area contributed by atoms with Crippen LogP contribution in [-0.4, -0.2) is 61.4 Å². The molecule has 2 saturated heterocycles. The summed E-state index contributed by atoms with van der Waals surface area (Å²) in [6, 6.07) is 12.7. The molecule has 2 aliphatic rings. The number of halogens is 1. The first kappa shape index (κ1) is 25.5. The monoisotopic (exact) mass is 548 g/mol. The van der Waals surface area contributed by atoms with Gasteiger partial charge in [0.25, 0.3) is 0 Å². The number of rotatable bonds is 9. The van der Waals surface area contributed by atoms with Crippen LogP contribution >= 0.6 is 11.6 Å². The minimum absolute atomic E-state index is 0.0289. The zero-order chi connectivity index (χ0) is 26.8. The third-order valence-electron chi connectivity index (χ3n) is 7.35. The molecule has 0 radical (unpaired) electrons. The number of pyridine rings is 3. The molecule has 0 aliphatic carbocycles. The van der Waals surface area contributed by atoms with Crippen LogP contribution in [0.1, 0.15) is 41.3 Å². The molecular weight excluding hydrogens is 520 g/mol. The number of ether oxygens (including phenoxy) is 2. The van der Waals surface area contributed by atoms with E-state index < -0.39 is 5.97 Å². The lowest BCUT2D eigenvalue weighted by molar-refractivity contribution is -0.0591. The van der Waals surface area contributed by atoms with E-state index in [2.05, 4.69) is 19.4 Å². The summed E-state index contributed by atoms with van der Waals surface area (Å²) in [6.45, 7) is 3.49. The number of anilines is 1. The SMILES string of the molecule is O=C(O)c1ccc2nc(CC3CCN(c4cccc(OCc5ccc(Cl)cn5)n4)CC3)n(CC3CCO3)c2n1. The third-order valence-corrected chi connectivity index (χ3v) is 7.57. The van der Waals surface area contributed by atoms with Crippen LogP contribution in [0.3, 0.4) is 0 Å². The second kappa shape index (κ2) is 11.2. The summed E-state index contributed by atoms with van der Waals surface area (Å²) in [5, 5.41) is 10.0. The number of carbonyl (C=O) groups is 1. The third kappa shape index (κ3) is 5.81. The van der Waals surface area contributed by atoms with Crippen molar-refractivity contribution in [3.63, 3.8) is 0 Å². The van der Waals surface area contributed by atoms with Crippen LogP contribution < -0.4 is 9.64 Å². The Morgan fingerprint density at radius 1 is 1.08 bits per heavy atom. The molecule has 202 valence electrons. The van der Waals surface area contributed by atoms with Crippen molar-refractivity contribution < 1.29 is 19.4 Å². The second-order valence-electron chi connectivity index (χ2n) is 9.99. The average Bonchev–Trinajstić information content (AvgIpc) is 3.26. The molecule has 0 aromatic carbocycles. The Bertz CT molecular complexity index is 1460. The number of aromatic carboxylic acids is 1. The molecule has 1 N–H and O–H groups in total.